The number of halogens is 3. The number of amides is 1. The average Bonchev–Trinajstić information content (AvgIpc) is 3.21. The first-order valence-corrected chi connectivity index (χ1v) is 10.6. The van der Waals surface area contributed by atoms with Crippen molar-refractivity contribution in [1.82, 2.24) is 15.3 Å². The maximum absolute atomic E-state index is 15.1. The molecule has 10 heteroatoms. The van der Waals surface area contributed by atoms with Gasteiger partial charge in [-0.25, -0.2) is 14.4 Å². The highest BCUT2D eigenvalue weighted by molar-refractivity contribution is 6.39. The van der Waals surface area contributed by atoms with Gasteiger partial charge in [-0.1, -0.05) is 29.8 Å². The van der Waals surface area contributed by atoms with Crippen LogP contribution in [-0.2, 0) is 4.79 Å². The lowest BCUT2D eigenvalue weighted by molar-refractivity contribution is -0.117. The van der Waals surface area contributed by atoms with E-state index >= 15 is 4.39 Å². The molecule has 1 aromatic carbocycles. The minimum atomic E-state index is -0.690. The molecule has 32 heavy (non-hydrogen) atoms. The van der Waals surface area contributed by atoms with Gasteiger partial charge in [-0.15, -0.1) is 0 Å². The van der Waals surface area contributed by atoms with E-state index in [0.29, 0.717) is 11.5 Å². The van der Waals surface area contributed by atoms with Gasteiger partial charge in [0.15, 0.2) is 0 Å². The highest BCUT2D eigenvalue weighted by Gasteiger charge is 2.28. The van der Waals surface area contributed by atoms with Gasteiger partial charge in [0.25, 0.3) is 0 Å². The molecule has 1 aliphatic carbocycles. The van der Waals surface area contributed by atoms with Crippen LogP contribution in [0.15, 0.2) is 31.1 Å². The first-order chi connectivity index (χ1) is 15.4. The van der Waals surface area contributed by atoms with Gasteiger partial charge < -0.3 is 20.1 Å². The van der Waals surface area contributed by atoms with Gasteiger partial charge in [0.1, 0.15) is 17.3 Å². The van der Waals surface area contributed by atoms with E-state index in [2.05, 4.69) is 27.2 Å². The maximum atomic E-state index is 15.1. The molecule has 7 nitrogen and oxygen atoms in total. The van der Waals surface area contributed by atoms with Gasteiger partial charge in [0, 0.05) is 36.1 Å². The molecule has 0 saturated heterocycles. The summed E-state index contributed by atoms with van der Waals surface area (Å²) in [5, 5.41) is 6.18. The number of nitrogens with zero attached hydrogens (tertiary/aromatic N) is 2. The summed E-state index contributed by atoms with van der Waals surface area (Å²) in [6.45, 7) is 3.47. The normalized spacial score (nSPS) is 18.2. The monoisotopic (exact) mass is 480 g/mol. The zero-order valence-corrected chi connectivity index (χ0v) is 19.1. The van der Waals surface area contributed by atoms with Crippen molar-refractivity contribution < 1.29 is 18.7 Å². The van der Waals surface area contributed by atoms with E-state index in [1.807, 2.05) is 0 Å². The summed E-state index contributed by atoms with van der Waals surface area (Å²) in [7, 11) is 2.83. The Hall–Kier alpha value is -2.84. The number of nitrogens with one attached hydrogen (secondary N) is 2. The average molecular weight is 481 g/mol. The summed E-state index contributed by atoms with van der Waals surface area (Å²) < 4.78 is 25.4. The summed E-state index contributed by atoms with van der Waals surface area (Å²) in [6, 6.07) is 1.45. The van der Waals surface area contributed by atoms with Crippen molar-refractivity contribution in [3.63, 3.8) is 0 Å². The number of methoxy groups -OCH3 is 2. The molecule has 1 heterocycles. The van der Waals surface area contributed by atoms with Crippen LogP contribution < -0.4 is 20.1 Å². The van der Waals surface area contributed by atoms with Crippen molar-refractivity contribution in [2.24, 2.45) is 0 Å². The predicted molar refractivity (Wildman–Crippen MR) is 124 cm³/mol. The van der Waals surface area contributed by atoms with Gasteiger partial charge in [0.05, 0.1) is 29.8 Å². The van der Waals surface area contributed by atoms with E-state index in [4.69, 9.17) is 32.7 Å². The second-order valence-corrected chi connectivity index (χ2v) is 7.87. The fraction of sp³-hybridized carbons (Fsp3) is 0.318. The smallest absolute Gasteiger partial charge is 0.243 e. The fourth-order valence-corrected chi connectivity index (χ4v) is 4.20. The van der Waals surface area contributed by atoms with Crippen LogP contribution in [0.3, 0.4) is 0 Å². The highest BCUT2D eigenvalue weighted by Crippen LogP contribution is 2.44. The number of rotatable bonds is 8. The molecule has 1 fully saturated rings. The van der Waals surface area contributed by atoms with Gasteiger partial charge in [-0.05, 0) is 31.4 Å². The van der Waals surface area contributed by atoms with Gasteiger partial charge in [0.2, 0.25) is 11.9 Å². The topological polar surface area (TPSA) is 85.4 Å². The highest BCUT2D eigenvalue weighted by atomic mass is 35.5. The molecule has 3 rings (SSSR count). The van der Waals surface area contributed by atoms with Crippen LogP contribution in [-0.4, -0.2) is 42.2 Å². The van der Waals surface area contributed by atoms with Gasteiger partial charge in [-0.2, -0.15) is 0 Å². The number of anilines is 1. The summed E-state index contributed by atoms with van der Waals surface area (Å²) in [5.41, 5.74) is 0.364. The van der Waals surface area contributed by atoms with Crippen molar-refractivity contribution in [2.45, 2.75) is 31.3 Å². The molecule has 2 atom stereocenters. The summed E-state index contributed by atoms with van der Waals surface area (Å²) >= 11 is 12.5. The number of carbonyl (C=O) groups excluding carboxylic acids is 1. The lowest BCUT2D eigenvalue weighted by atomic mass is 10.1. The number of aromatic nitrogens is 2. The third kappa shape index (κ3) is 5.31. The van der Waals surface area contributed by atoms with E-state index in [1.54, 1.807) is 0 Å². The van der Waals surface area contributed by atoms with Crippen LogP contribution in [0, 0.1) is 0 Å². The fourth-order valence-electron chi connectivity index (χ4n) is 3.51. The Morgan fingerprint density at radius 1 is 1.16 bits per heavy atom. The molecule has 2 unspecified atom stereocenters. The number of carbonyl (C=O) groups is 1. The number of ether oxygens (including phenoxy) is 2. The molecular weight excluding hydrogens is 458 g/mol. The van der Waals surface area contributed by atoms with Crippen LogP contribution in [0.4, 0.5) is 10.3 Å². The molecular formula is C22H23Cl2FN4O3. The first-order valence-electron chi connectivity index (χ1n) is 9.87. The largest absolute Gasteiger partial charge is 0.495 e. The Bertz CT molecular complexity index is 1000. The van der Waals surface area contributed by atoms with Gasteiger partial charge >= 0.3 is 0 Å². The Morgan fingerprint density at radius 3 is 2.31 bits per heavy atom. The van der Waals surface area contributed by atoms with Crippen molar-refractivity contribution in [3.05, 3.63) is 52.3 Å². The molecule has 0 radical (unpaired) electrons. The Kier molecular flexibility index (Phi) is 7.93. The maximum Gasteiger partial charge on any atom is 0.243 e. The first kappa shape index (κ1) is 23.8. The quantitative estimate of drug-likeness (QED) is 0.522. The van der Waals surface area contributed by atoms with Crippen molar-refractivity contribution in [2.75, 3.05) is 19.5 Å². The van der Waals surface area contributed by atoms with Crippen LogP contribution in [0.1, 0.15) is 30.4 Å². The zero-order chi connectivity index (χ0) is 23.3. The Morgan fingerprint density at radius 2 is 1.75 bits per heavy atom. The molecule has 0 aliphatic heterocycles. The molecule has 1 aliphatic rings. The molecule has 2 N–H and O–H groups in total. The predicted octanol–water partition coefficient (Wildman–Crippen LogP) is 4.90. The zero-order valence-electron chi connectivity index (χ0n) is 17.6. The SMILES string of the molecule is C=CC(=O)NC1CCCC1Nc1ncc(/C=C(\F)c2c(Cl)c(OC)cc(OC)c2Cl)cn1. The molecule has 2 aromatic rings. The van der Waals surface area contributed by atoms with Crippen LogP contribution in [0.5, 0.6) is 11.5 Å². The molecule has 0 bridgehead atoms. The minimum absolute atomic E-state index is 0.00103. The molecule has 1 saturated carbocycles. The Balaban J connectivity index is 1.78. The third-order valence-electron chi connectivity index (χ3n) is 5.12. The van der Waals surface area contributed by atoms with Crippen molar-refractivity contribution in [1.29, 1.82) is 0 Å². The number of hydrogen-bond acceptors (Lipinski definition) is 6. The second-order valence-electron chi connectivity index (χ2n) is 7.12. The van der Waals surface area contributed by atoms with Crippen molar-refractivity contribution >= 4 is 47.0 Å². The van der Waals surface area contributed by atoms with Crippen molar-refractivity contribution in [3.8, 4) is 11.5 Å². The Labute approximate surface area is 195 Å². The minimum Gasteiger partial charge on any atom is -0.495 e. The third-order valence-corrected chi connectivity index (χ3v) is 5.87. The summed E-state index contributed by atoms with van der Waals surface area (Å²) in [5.74, 6) is -0.0585. The van der Waals surface area contributed by atoms with Crippen LogP contribution in [0.25, 0.3) is 11.9 Å². The van der Waals surface area contributed by atoms with E-state index in [0.717, 1.165) is 19.3 Å². The summed E-state index contributed by atoms with van der Waals surface area (Å²) in [6.07, 6.45) is 8.11. The van der Waals surface area contributed by atoms with E-state index in [-0.39, 0.29) is 45.1 Å². The lowest BCUT2D eigenvalue weighted by Crippen LogP contribution is -2.42. The number of benzene rings is 1. The number of hydrogen-bond donors (Lipinski definition) is 2. The molecule has 1 amide bonds. The van der Waals surface area contributed by atoms with Crippen LogP contribution >= 0.6 is 23.2 Å². The van der Waals surface area contributed by atoms with Crippen LogP contribution in [0.2, 0.25) is 10.0 Å². The van der Waals surface area contributed by atoms with E-state index < -0.39 is 5.83 Å². The summed E-state index contributed by atoms with van der Waals surface area (Å²) in [4.78, 5) is 20.1. The van der Waals surface area contributed by atoms with Gasteiger partial charge in [-0.3, -0.25) is 4.79 Å². The molecule has 0 spiro atoms. The standard InChI is InChI=1S/C22H23Cl2FN4O3/c1-4-18(30)28-14-6-5-7-15(14)29-22-26-10-12(11-27-22)8-13(25)19-20(23)16(31-2)9-17(32-3)21(19)24/h4,8-11,14-15H,1,5-7H2,2-3H3,(H,28,30)(H,26,27,29)/b13-8-. The van der Waals surface area contributed by atoms with E-state index in [9.17, 15) is 4.79 Å². The lowest BCUT2D eigenvalue weighted by Gasteiger charge is -2.21. The molecule has 170 valence electrons. The van der Waals surface area contributed by atoms with E-state index in [1.165, 1.54) is 44.8 Å². The molecule has 1 aromatic heterocycles. The second kappa shape index (κ2) is 10.7.